The van der Waals surface area contributed by atoms with E-state index < -0.39 is 23.7 Å². The second kappa shape index (κ2) is 13.2. The van der Waals surface area contributed by atoms with E-state index in [0.717, 1.165) is 29.7 Å². The maximum Gasteiger partial charge on any atom is 0.416 e. The Kier molecular flexibility index (Phi) is 9.51. The number of halogens is 3. The highest BCUT2D eigenvalue weighted by Crippen LogP contribution is 2.34. The normalized spacial score (nSPS) is 11.2. The van der Waals surface area contributed by atoms with Gasteiger partial charge in [0.25, 0.3) is 0 Å². The van der Waals surface area contributed by atoms with Gasteiger partial charge in [0.2, 0.25) is 5.91 Å². The highest BCUT2D eigenvalue weighted by Gasteiger charge is 2.30. The predicted molar refractivity (Wildman–Crippen MR) is 156 cm³/mol. The number of nitrogens with one attached hydrogen (secondary N) is 2. The topological polar surface area (TPSA) is 88.5 Å². The predicted octanol–water partition coefficient (Wildman–Crippen LogP) is 7.15. The van der Waals surface area contributed by atoms with Crippen LogP contribution in [0.5, 0.6) is 5.75 Å². The van der Waals surface area contributed by atoms with Gasteiger partial charge in [0, 0.05) is 17.8 Å². The molecule has 0 saturated carbocycles. The zero-order chi connectivity index (χ0) is 30.3. The van der Waals surface area contributed by atoms with Gasteiger partial charge in [-0.1, -0.05) is 43.7 Å². The van der Waals surface area contributed by atoms with Gasteiger partial charge < -0.3 is 20.3 Å². The number of ether oxygens (including phenoxy) is 1. The maximum absolute atomic E-state index is 13.5. The van der Waals surface area contributed by atoms with Crippen LogP contribution in [0.1, 0.15) is 31.0 Å². The molecule has 11 heteroatoms. The first-order chi connectivity index (χ1) is 20.1. The lowest BCUT2D eigenvalue weighted by Gasteiger charge is -2.23. The van der Waals surface area contributed by atoms with Crippen molar-refractivity contribution in [1.82, 2.24) is 14.7 Å². The number of urea groups is 1. The van der Waals surface area contributed by atoms with Crippen LogP contribution in [0, 0.1) is 6.92 Å². The third-order valence-electron chi connectivity index (χ3n) is 6.56. The standard InChI is InChI=1S/C31H32F3N5O3/c1-4-5-19-38(30(41)35-24-13-11-23(12-14-24)31(32,33)34)20-27(40)36-29-28(22-9-7-6-8-10-22)21(2)37-39(29)25-15-17-26(42-3)18-16-25/h6-18H,4-5,19-20H2,1-3H3,(H,35,41)(H,36,40). The Morgan fingerprint density at radius 3 is 2.21 bits per heavy atom. The molecule has 0 fully saturated rings. The first-order valence-electron chi connectivity index (χ1n) is 13.4. The van der Waals surface area contributed by atoms with Crippen molar-refractivity contribution in [3.8, 4) is 22.6 Å². The van der Waals surface area contributed by atoms with Gasteiger partial charge in [0.1, 0.15) is 18.1 Å². The lowest BCUT2D eigenvalue weighted by atomic mass is 10.1. The maximum atomic E-state index is 13.5. The molecule has 1 heterocycles. The van der Waals surface area contributed by atoms with Crippen molar-refractivity contribution in [1.29, 1.82) is 0 Å². The lowest BCUT2D eigenvalue weighted by molar-refractivity contribution is -0.137. The fourth-order valence-electron chi connectivity index (χ4n) is 4.39. The van der Waals surface area contributed by atoms with Gasteiger partial charge in [-0.3, -0.25) is 4.79 Å². The molecule has 0 aliphatic carbocycles. The average molecular weight is 580 g/mol. The summed E-state index contributed by atoms with van der Waals surface area (Å²) in [5.41, 5.74) is 2.34. The molecular weight excluding hydrogens is 547 g/mol. The molecule has 0 unspecified atom stereocenters. The van der Waals surface area contributed by atoms with Gasteiger partial charge in [0.15, 0.2) is 0 Å². The van der Waals surface area contributed by atoms with E-state index in [1.54, 1.807) is 23.9 Å². The summed E-state index contributed by atoms with van der Waals surface area (Å²) in [5, 5.41) is 10.3. The van der Waals surface area contributed by atoms with Crippen LogP contribution in [-0.4, -0.2) is 46.8 Å². The Morgan fingerprint density at radius 1 is 0.952 bits per heavy atom. The molecule has 4 rings (SSSR count). The number of anilines is 2. The summed E-state index contributed by atoms with van der Waals surface area (Å²) < 4.78 is 45.7. The molecule has 0 radical (unpaired) electrons. The second-order valence-electron chi connectivity index (χ2n) is 9.61. The summed E-state index contributed by atoms with van der Waals surface area (Å²) in [4.78, 5) is 27.9. The zero-order valence-corrected chi connectivity index (χ0v) is 23.5. The smallest absolute Gasteiger partial charge is 0.416 e. The largest absolute Gasteiger partial charge is 0.497 e. The molecule has 42 heavy (non-hydrogen) atoms. The molecule has 3 amide bonds. The third-order valence-corrected chi connectivity index (χ3v) is 6.56. The van der Waals surface area contributed by atoms with Gasteiger partial charge in [-0.2, -0.15) is 18.3 Å². The van der Waals surface area contributed by atoms with Crippen molar-refractivity contribution in [2.24, 2.45) is 0 Å². The highest BCUT2D eigenvalue weighted by atomic mass is 19.4. The van der Waals surface area contributed by atoms with Crippen molar-refractivity contribution in [2.45, 2.75) is 32.9 Å². The molecule has 0 bridgehead atoms. The van der Waals surface area contributed by atoms with Crippen molar-refractivity contribution in [2.75, 3.05) is 30.8 Å². The Hall–Kier alpha value is -4.80. The summed E-state index contributed by atoms with van der Waals surface area (Å²) in [6.45, 7) is 3.80. The molecule has 3 aromatic carbocycles. The van der Waals surface area contributed by atoms with E-state index in [-0.39, 0.29) is 18.8 Å². The van der Waals surface area contributed by atoms with Crippen LogP contribution >= 0.6 is 0 Å². The average Bonchev–Trinajstić information content (AvgIpc) is 3.30. The van der Waals surface area contributed by atoms with E-state index in [4.69, 9.17) is 9.84 Å². The molecule has 0 aliphatic heterocycles. The zero-order valence-electron chi connectivity index (χ0n) is 23.5. The van der Waals surface area contributed by atoms with E-state index >= 15 is 0 Å². The number of benzene rings is 3. The third kappa shape index (κ3) is 7.28. The van der Waals surface area contributed by atoms with E-state index in [1.807, 2.05) is 56.3 Å². The Morgan fingerprint density at radius 2 is 1.62 bits per heavy atom. The number of rotatable bonds is 10. The summed E-state index contributed by atoms with van der Waals surface area (Å²) in [6.07, 6.45) is -3.08. The molecule has 4 aromatic rings. The number of nitrogens with zero attached hydrogens (tertiary/aromatic N) is 3. The number of aromatic nitrogens is 2. The number of alkyl halides is 3. The Bertz CT molecular complexity index is 1500. The summed E-state index contributed by atoms with van der Waals surface area (Å²) >= 11 is 0. The van der Waals surface area contributed by atoms with E-state index in [2.05, 4.69) is 10.6 Å². The fraction of sp³-hybridized carbons (Fsp3) is 0.258. The number of methoxy groups -OCH3 is 1. The van der Waals surface area contributed by atoms with E-state index in [9.17, 15) is 22.8 Å². The first kappa shape index (κ1) is 30.2. The number of hydrogen-bond acceptors (Lipinski definition) is 4. The fourth-order valence-corrected chi connectivity index (χ4v) is 4.39. The van der Waals surface area contributed by atoms with Crippen molar-refractivity contribution in [3.05, 3.63) is 90.1 Å². The molecule has 0 aliphatic rings. The molecule has 8 nitrogen and oxygen atoms in total. The molecule has 220 valence electrons. The summed E-state index contributed by atoms with van der Waals surface area (Å²) in [6, 6.07) is 20.3. The summed E-state index contributed by atoms with van der Waals surface area (Å²) in [5.74, 6) is 0.648. The van der Waals surface area contributed by atoms with Crippen LogP contribution in [0.4, 0.5) is 29.5 Å². The second-order valence-corrected chi connectivity index (χ2v) is 9.61. The SMILES string of the molecule is CCCCN(CC(=O)Nc1c(-c2ccccc2)c(C)nn1-c1ccc(OC)cc1)C(=O)Nc1ccc(C(F)(F)F)cc1. The van der Waals surface area contributed by atoms with Crippen LogP contribution in [0.25, 0.3) is 16.8 Å². The summed E-state index contributed by atoms with van der Waals surface area (Å²) in [7, 11) is 1.57. The number of carbonyl (C=O) groups is 2. The quantitative estimate of drug-likeness (QED) is 0.209. The van der Waals surface area contributed by atoms with Crippen LogP contribution < -0.4 is 15.4 Å². The Balaban J connectivity index is 1.59. The van der Waals surface area contributed by atoms with Crippen LogP contribution in [0.15, 0.2) is 78.9 Å². The minimum atomic E-state index is -4.48. The van der Waals surface area contributed by atoms with Crippen LogP contribution in [0.3, 0.4) is 0 Å². The lowest BCUT2D eigenvalue weighted by Crippen LogP contribution is -2.41. The highest BCUT2D eigenvalue weighted by molar-refractivity contribution is 5.99. The van der Waals surface area contributed by atoms with Crippen LogP contribution in [-0.2, 0) is 11.0 Å². The first-order valence-corrected chi connectivity index (χ1v) is 13.4. The van der Waals surface area contributed by atoms with Gasteiger partial charge in [0.05, 0.1) is 24.1 Å². The van der Waals surface area contributed by atoms with Gasteiger partial charge in [-0.25, -0.2) is 9.48 Å². The Labute approximate surface area is 242 Å². The van der Waals surface area contributed by atoms with Crippen molar-refractivity contribution in [3.63, 3.8) is 0 Å². The van der Waals surface area contributed by atoms with Crippen molar-refractivity contribution >= 4 is 23.4 Å². The minimum Gasteiger partial charge on any atom is -0.497 e. The number of carbonyl (C=O) groups excluding carboxylic acids is 2. The van der Waals surface area contributed by atoms with Gasteiger partial charge in [-0.15, -0.1) is 0 Å². The number of amides is 3. The number of unbranched alkanes of at least 4 members (excludes halogenated alkanes) is 1. The van der Waals surface area contributed by atoms with Gasteiger partial charge in [-0.05, 0) is 67.4 Å². The monoisotopic (exact) mass is 579 g/mol. The minimum absolute atomic E-state index is 0.189. The molecule has 0 spiro atoms. The van der Waals surface area contributed by atoms with E-state index in [1.165, 1.54) is 17.0 Å². The molecular formula is C31H32F3N5O3. The molecule has 0 saturated heterocycles. The molecule has 1 aromatic heterocycles. The molecule has 0 atom stereocenters. The van der Waals surface area contributed by atoms with E-state index in [0.29, 0.717) is 29.4 Å². The van der Waals surface area contributed by atoms with Gasteiger partial charge >= 0.3 is 12.2 Å². The molecule has 2 N–H and O–H groups in total. The van der Waals surface area contributed by atoms with Crippen LogP contribution in [0.2, 0.25) is 0 Å². The number of hydrogen-bond donors (Lipinski definition) is 2. The van der Waals surface area contributed by atoms with Crippen molar-refractivity contribution < 1.29 is 27.5 Å². The number of aryl methyl sites for hydroxylation is 1.